The zero-order valence-corrected chi connectivity index (χ0v) is 13.2. The second-order valence-corrected chi connectivity index (χ2v) is 7.48. The lowest BCUT2D eigenvalue weighted by Gasteiger charge is -2.19. The first-order valence-corrected chi connectivity index (χ1v) is 8.12. The van der Waals surface area contributed by atoms with Gasteiger partial charge in [0.1, 0.15) is 10.6 Å². The Bertz CT molecular complexity index is 603. The van der Waals surface area contributed by atoms with Crippen molar-refractivity contribution in [3.05, 3.63) is 23.3 Å². The van der Waals surface area contributed by atoms with E-state index in [1.165, 1.54) is 11.4 Å². The number of hydrogen-bond acceptors (Lipinski definition) is 4. The van der Waals surface area contributed by atoms with Crippen LogP contribution in [0.3, 0.4) is 0 Å². The molecule has 2 N–H and O–H groups in total. The third kappa shape index (κ3) is 2.55. The molecule has 0 amide bonds. The molecule has 1 saturated heterocycles. The normalized spacial score (nSPS) is 24.1. The van der Waals surface area contributed by atoms with Gasteiger partial charge in [-0.25, -0.2) is 8.42 Å². The van der Waals surface area contributed by atoms with Gasteiger partial charge in [-0.1, -0.05) is 13.0 Å². The molecule has 1 heterocycles. The number of ether oxygens (including phenoxy) is 1. The van der Waals surface area contributed by atoms with E-state index in [1.807, 2.05) is 26.8 Å². The van der Waals surface area contributed by atoms with Crippen LogP contribution in [-0.4, -0.2) is 39.0 Å². The van der Waals surface area contributed by atoms with Crippen LogP contribution < -0.4 is 10.5 Å². The number of hydrogen-bond donors (Lipinski definition) is 1. The molecular formula is C14H22N2O3S. The van der Waals surface area contributed by atoms with E-state index in [-0.39, 0.29) is 16.9 Å². The number of methoxy groups -OCH3 is 1. The lowest BCUT2D eigenvalue weighted by atomic mass is 10.1. The van der Waals surface area contributed by atoms with Gasteiger partial charge >= 0.3 is 0 Å². The number of rotatable bonds is 3. The molecule has 0 spiro atoms. The van der Waals surface area contributed by atoms with Crippen molar-refractivity contribution in [3.8, 4) is 5.75 Å². The molecule has 2 atom stereocenters. The molecule has 5 nitrogen and oxygen atoms in total. The molecule has 1 fully saturated rings. The molecular weight excluding hydrogens is 276 g/mol. The molecule has 0 aliphatic carbocycles. The van der Waals surface area contributed by atoms with E-state index in [9.17, 15) is 8.42 Å². The van der Waals surface area contributed by atoms with Crippen molar-refractivity contribution in [3.63, 3.8) is 0 Å². The summed E-state index contributed by atoms with van der Waals surface area (Å²) in [5.74, 6) is 0.588. The van der Waals surface area contributed by atoms with E-state index in [1.54, 1.807) is 6.07 Å². The van der Waals surface area contributed by atoms with Crippen LogP contribution in [0.2, 0.25) is 0 Å². The third-order valence-electron chi connectivity index (χ3n) is 3.84. The van der Waals surface area contributed by atoms with Gasteiger partial charge in [-0.05, 0) is 37.0 Å². The third-order valence-corrected chi connectivity index (χ3v) is 5.68. The first kappa shape index (κ1) is 15.3. The largest absolute Gasteiger partial charge is 0.495 e. The van der Waals surface area contributed by atoms with E-state index in [4.69, 9.17) is 10.5 Å². The van der Waals surface area contributed by atoms with E-state index < -0.39 is 10.0 Å². The van der Waals surface area contributed by atoms with Gasteiger partial charge < -0.3 is 10.5 Å². The molecule has 20 heavy (non-hydrogen) atoms. The molecule has 1 aromatic rings. The Morgan fingerprint density at radius 3 is 2.45 bits per heavy atom. The second-order valence-electron chi connectivity index (χ2n) is 5.58. The molecule has 1 aliphatic rings. The SMILES string of the molecule is COc1c(C)cc(C)cc1S(=O)(=O)N1CC(C)C(N)C1. The lowest BCUT2D eigenvalue weighted by Crippen LogP contribution is -2.32. The predicted octanol–water partition coefficient (Wildman–Crippen LogP) is 1.28. The van der Waals surface area contributed by atoms with Crippen molar-refractivity contribution in [1.29, 1.82) is 0 Å². The summed E-state index contributed by atoms with van der Waals surface area (Å²) in [5, 5.41) is 0. The first-order valence-electron chi connectivity index (χ1n) is 6.68. The minimum atomic E-state index is -3.56. The number of sulfonamides is 1. The van der Waals surface area contributed by atoms with Crippen LogP contribution in [0.4, 0.5) is 0 Å². The highest BCUT2D eigenvalue weighted by Gasteiger charge is 2.37. The van der Waals surface area contributed by atoms with Gasteiger partial charge in [0, 0.05) is 19.1 Å². The van der Waals surface area contributed by atoms with Gasteiger partial charge in [-0.15, -0.1) is 0 Å². The Morgan fingerprint density at radius 1 is 1.30 bits per heavy atom. The van der Waals surface area contributed by atoms with Gasteiger partial charge in [-0.2, -0.15) is 4.31 Å². The molecule has 2 rings (SSSR count). The van der Waals surface area contributed by atoms with Crippen molar-refractivity contribution in [1.82, 2.24) is 4.31 Å². The average Bonchev–Trinajstić information content (AvgIpc) is 2.69. The highest BCUT2D eigenvalue weighted by molar-refractivity contribution is 7.89. The fourth-order valence-electron chi connectivity index (χ4n) is 2.65. The smallest absolute Gasteiger partial charge is 0.246 e. The minimum Gasteiger partial charge on any atom is -0.495 e. The highest BCUT2D eigenvalue weighted by atomic mass is 32.2. The Balaban J connectivity index is 2.50. The molecule has 6 heteroatoms. The van der Waals surface area contributed by atoms with Gasteiger partial charge in [0.15, 0.2) is 0 Å². The Kier molecular flexibility index (Phi) is 4.09. The zero-order chi connectivity index (χ0) is 15.1. The summed E-state index contributed by atoms with van der Waals surface area (Å²) in [5.41, 5.74) is 7.66. The molecule has 1 aliphatic heterocycles. The summed E-state index contributed by atoms with van der Waals surface area (Å²) in [4.78, 5) is 0.235. The number of nitrogens with two attached hydrogens (primary N) is 1. The van der Waals surface area contributed by atoms with Crippen LogP contribution in [0.25, 0.3) is 0 Å². The number of nitrogens with zero attached hydrogens (tertiary/aromatic N) is 1. The molecule has 2 unspecified atom stereocenters. The standard InChI is InChI=1S/C14H22N2O3S/c1-9-5-10(2)14(19-4)13(6-9)20(17,18)16-7-11(3)12(15)8-16/h5-6,11-12H,7-8,15H2,1-4H3. The summed E-state index contributed by atoms with van der Waals surface area (Å²) in [6.07, 6.45) is 0. The maximum atomic E-state index is 12.8. The average molecular weight is 298 g/mol. The maximum absolute atomic E-state index is 12.8. The minimum absolute atomic E-state index is 0.110. The van der Waals surface area contributed by atoms with E-state index in [2.05, 4.69) is 0 Å². The molecule has 1 aromatic carbocycles. The molecule has 112 valence electrons. The first-order chi connectivity index (χ1) is 9.27. The number of aryl methyl sites for hydroxylation is 2. The van der Waals surface area contributed by atoms with E-state index in [0.29, 0.717) is 18.8 Å². The fourth-order valence-corrected chi connectivity index (χ4v) is 4.54. The Morgan fingerprint density at radius 2 is 1.95 bits per heavy atom. The Hall–Kier alpha value is -1.11. The summed E-state index contributed by atoms with van der Waals surface area (Å²) < 4.78 is 32.4. The van der Waals surface area contributed by atoms with Gasteiger partial charge in [-0.3, -0.25) is 0 Å². The summed E-state index contributed by atoms with van der Waals surface area (Å²) in [7, 11) is -2.07. The molecule has 0 bridgehead atoms. The van der Waals surface area contributed by atoms with Crippen LogP contribution >= 0.6 is 0 Å². The lowest BCUT2D eigenvalue weighted by molar-refractivity contribution is 0.394. The molecule has 0 aromatic heterocycles. The van der Waals surface area contributed by atoms with E-state index in [0.717, 1.165) is 11.1 Å². The van der Waals surface area contributed by atoms with E-state index >= 15 is 0 Å². The van der Waals surface area contributed by atoms with Crippen molar-refractivity contribution < 1.29 is 13.2 Å². The quantitative estimate of drug-likeness (QED) is 0.912. The van der Waals surface area contributed by atoms with Gasteiger partial charge in [0.05, 0.1) is 7.11 Å². The van der Waals surface area contributed by atoms with Crippen LogP contribution in [0.1, 0.15) is 18.1 Å². The van der Waals surface area contributed by atoms with Crippen molar-refractivity contribution in [2.45, 2.75) is 31.7 Å². The number of benzene rings is 1. The monoisotopic (exact) mass is 298 g/mol. The van der Waals surface area contributed by atoms with Crippen LogP contribution in [0, 0.1) is 19.8 Å². The van der Waals surface area contributed by atoms with Crippen LogP contribution in [0.5, 0.6) is 5.75 Å². The second kappa shape index (κ2) is 5.35. The van der Waals surface area contributed by atoms with Crippen molar-refractivity contribution >= 4 is 10.0 Å². The molecule has 0 saturated carbocycles. The zero-order valence-electron chi connectivity index (χ0n) is 12.4. The Labute approximate surface area is 120 Å². The fraction of sp³-hybridized carbons (Fsp3) is 0.571. The summed E-state index contributed by atoms with van der Waals surface area (Å²) >= 11 is 0. The predicted molar refractivity (Wildman–Crippen MR) is 78.4 cm³/mol. The van der Waals surface area contributed by atoms with Crippen molar-refractivity contribution in [2.75, 3.05) is 20.2 Å². The van der Waals surface area contributed by atoms with Crippen LogP contribution in [0.15, 0.2) is 17.0 Å². The summed E-state index contributed by atoms with van der Waals surface area (Å²) in [6.45, 7) is 6.52. The maximum Gasteiger partial charge on any atom is 0.246 e. The summed E-state index contributed by atoms with van der Waals surface area (Å²) in [6, 6.07) is 3.47. The van der Waals surface area contributed by atoms with Crippen LogP contribution in [-0.2, 0) is 10.0 Å². The van der Waals surface area contributed by atoms with Gasteiger partial charge in [0.2, 0.25) is 10.0 Å². The van der Waals surface area contributed by atoms with Gasteiger partial charge in [0.25, 0.3) is 0 Å². The molecule has 0 radical (unpaired) electrons. The highest BCUT2D eigenvalue weighted by Crippen LogP contribution is 2.33. The van der Waals surface area contributed by atoms with Crippen molar-refractivity contribution in [2.24, 2.45) is 11.7 Å². The topological polar surface area (TPSA) is 72.6 Å².